The van der Waals surface area contributed by atoms with E-state index in [1.54, 1.807) is 36.4 Å². The van der Waals surface area contributed by atoms with Crippen LogP contribution in [0, 0.1) is 5.82 Å². The number of carbonyl (C=O) groups is 2. The van der Waals surface area contributed by atoms with Crippen LogP contribution in [0.2, 0.25) is 5.02 Å². The zero-order valence-corrected chi connectivity index (χ0v) is 22.2. The number of amides is 1. The number of rotatable bonds is 7. The summed E-state index contributed by atoms with van der Waals surface area (Å²) in [4.78, 5) is 27.7. The van der Waals surface area contributed by atoms with Gasteiger partial charge in [0.2, 0.25) is 5.13 Å². The van der Waals surface area contributed by atoms with Crippen molar-refractivity contribution in [2.45, 2.75) is 16.1 Å². The number of ether oxygens (including phenoxy) is 1. The second-order valence-corrected chi connectivity index (χ2v) is 10.8. The standard InChI is InChI=1S/C27H19ClFN3O4S2/c1-36-20-12-6-17(7-13-20)23(33)21-22(16-4-10-19(29)11-5-16)32(25(35)24(21)34)26-30-31-27(38-26)37-14-15-2-8-18(28)9-3-15/h2-13,22,33H,14H2,1H3/b23-21-. The molecule has 1 unspecified atom stereocenters. The Hall–Kier alpha value is -3.73. The van der Waals surface area contributed by atoms with E-state index in [-0.39, 0.29) is 16.5 Å². The Morgan fingerprint density at radius 3 is 2.39 bits per heavy atom. The summed E-state index contributed by atoms with van der Waals surface area (Å²) in [5, 5.41) is 20.4. The molecule has 1 atom stereocenters. The molecule has 2 heterocycles. The van der Waals surface area contributed by atoms with Crippen LogP contribution in [0.25, 0.3) is 5.76 Å². The number of aliphatic hydroxyl groups excluding tert-OH is 1. The summed E-state index contributed by atoms with van der Waals surface area (Å²) in [6.07, 6.45) is 0. The van der Waals surface area contributed by atoms with Crippen LogP contribution in [0.1, 0.15) is 22.7 Å². The van der Waals surface area contributed by atoms with Crippen LogP contribution in [0.5, 0.6) is 5.75 Å². The lowest BCUT2D eigenvalue weighted by Gasteiger charge is -2.22. The van der Waals surface area contributed by atoms with E-state index < -0.39 is 23.5 Å². The summed E-state index contributed by atoms with van der Waals surface area (Å²) in [6.45, 7) is 0. The van der Waals surface area contributed by atoms with Gasteiger partial charge in [-0.25, -0.2) is 4.39 Å². The average molecular weight is 568 g/mol. The third-order valence-electron chi connectivity index (χ3n) is 5.87. The number of methoxy groups -OCH3 is 1. The van der Waals surface area contributed by atoms with E-state index in [1.807, 2.05) is 12.1 Å². The summed E-state index contributed by atoms with van der Waals surface area (Å²) in [5.41, 5.74) is 1.67. The van der Waals surface area contributed by atoms with Gasteiger partial charge in [0.1, 0.15) is 17.3 Å². The number of aliphatic hydroxyl groups is 1. The molecule has 5 rings (SSSR count). The molecular weight excluding hydrogens is 549 g/mol. The molecule has 1 fully saturated rings. The van der Waals surface area contributed by atoms with E-state index in [9.17, 15) is 19.1 Å². The molecule has 0 aliphatic carbocycles. The number of carbonyl (C=O) groups excluding carboxylic acids is 2. The van der Waals surface area contributed by atoms with Crippen molar-refractivity contribution >= 4 is 57.3 Å². The lowest BCUT2D eigenvalue weighted by Crippen LogP contribution is -2.29. The smallest absolute Gasteiger partial charge is 0.301 e. The average Bonchev–Trinajstić information content (AvgIpc) is 3.50. The summed E-state index contributed by atoms with van der Waals surface area (Å²) in [7, 11) is 1.51. The maximum absolute atomic E-state index is 13.7. The molecule has 1 amide bonds. The molecule has 192 valence electrons. The van der Waals surface area contributed by atoms with Crippen molar-refractivity contribution in [2.24, 2.45) is 0 Å². The largest absolute Gasteiger partial charge is 0.507 e. The Kier molecular flexibility index (Phi) is 7.46. The normalized spacial score (nSPS) is 16.7. The van der Waals surface area contributed by atoms with Gasteiger partial charge in [0, 0.05) is 16.3 Å². The third kappa shape index (κ3) is 5.15. The number of halogens is 2. The molecule has 1 aliphatic rings. The maximum Gasteiger partial charge on any atom is 0.301 e. The molecule has 0 saturated carbocycles. The van der Waals surface area contributed by atoms with E-state index in [2.05, 4.69) is 10.2 Å². The summed E-state index contributed by atoms with van der Waals surface area (Å²) in [6, 6.07) is 18.2. The zero-order valence-electron chi connectivity index (χ0n) is 19.8. The van der Waals surface area contributed by atoms with Gasteiger partial charge in [-0.2, -0.15) is 0 Å². The van der Waals surface area contributed by atoms with E-state index >= 15 is 0 Å². The van der Waals surface area contributed by atoms with Crippen LogP contribution in [0.3, 0.4) is 0 Å². The van der Waals surface area contributed by atoms with Crippen molar-refractivity contribution < 1.29 is 23.8 Å². The fourth-order valence-electron chi connectivity index (χ4n) is 3.98. The van der Waals surface area contributed by atoms with Crippen LogP contribution in [0.4, 0.5) is 9.52 Å². The number of Topliss-reactive ketones (excluding diaryl/α,β-unsaturated/α-hetero) is 1. The summed E-state index contributed by atoms with van der Waals surface area (Å²) >= 11 is 8.52. The van der Waals surface area contributed by atoms with Crippen molar-refractivity contribution in [2.75, 3.05) is 12.0 Å². The number of anilines is 1. The predicted molar refractivity (Wildman–Crippen MR) is 145 cm³/mol. The molecule has 0 bridgehead atoms. The number of hydrogen-bond donors (Lipinski definition) is 1. The molecule has 1 N–H and O–H groups in total. The topological polar surface area (TPSA) is 92.6 Å². The first kappa shape index (κ1) is 25.9. The highest BCUT2D eigenvalue weighted by atomic mass is 35.5. The lowest BCUT2D eigenvalue weighted by molar-refractivity contribution is -0.132. The first-order chi connectivity index (χ1) is 18.4. The number of hydrogen-bond acceptors (Lipinski definition) is 8. The van der Waals surface area contributed by atoms with Gasteiger partial charge >= 0.3 is 5.91 Å². The van der Waals surface area contributed by atoms with Crippen molar-refractivity contribution in [3.8, 4) is 5.75 Å². The van der Waals surface area contributed by atoms with E-state index in [0.29, 0.717) is 32.0 Å². The van der Waals surface area contributed by atoms with Crippen LogP contribution < -0.4 is 9.64 Å². The molecule has 0 radical (unpaired) electrons. The quantitative estimate of drug-likeness (QED) is 0.0926. The SMILES string of the molecule is COc1ccc(/C(O)=C2/C(=O)C(=O)N(c3nnc(SCc4ccc(Cl)cc4)s3)C2c2ccc(F)cc2)cc1. The van der Waals surface area contributed by atoms with Crippen LogP contribution in [-0.4, -0.2) is 34.1 Å². The van der Waals surface area contributed by atoms with E-state index in [4.69, 9.17) is 16.3 Å². The van der Waals surface area contributed by atoms with Gasteiger partial charge in [-0.15, -0.1) is 10.2 Å². The minimum Gasteiger partial charge on any atom is -0.507 e. The summed E-state index contributed by atoms with van der Waals surface area (Å²) < 4.78 is 19.5. The van der Waals surface area contributed by atoms with Gasteiger partial charge < -0.3 is 9.84 Å². The molecule has 38 heavy (non-hydrogen) atoms. The van der Waals surface area contributed by atoms with Crippen LogP contribution in [-0.2, 0) is 15.3 Å². The van der Waals surface area contributed by atoms with Crippen molar-refractivity contribution in [3.05, 3.63) is 106 Å². The molecule has 1 aliphatic heterocycles. The zero-order chi connectivity index (χ0) is 26.8. The van der Waals surface area contributed by atoms with Gasteiger partial charge in [-0.3, -0.25) is 14.5 Å². The highest BCUT2D eigenvalue weighted by Crippen LogP contribution is 2.44. The maximum atomic E-state index is 13.7. The fourth-order valence-corrected chi connectivity index (χ4v) is 5.93. The van der Waals surface area contributed by atoms with Gasteiger partial charge in [0.05, 0.1) is 18.7 Å². The van der Waals surface area contributed by atoms with Gasteiger partial charge in [0.25, 0.3) is 5.78 Å². The van der Waals surface area contributed by atoms with Crippen molar-refractivity contribution in [1.29, 1.82) is 0 Å². The first-order valence-electron chi connectivity index (χ1n) is 11.3. The van der Waals surface area contributed by atoms with E-state index in [1.165, 1.54) is 48.0 Å². The number of aromatic nitrogens is 2. The second kappa shape index (κ2) is 10.9. The van der Waals surface area contributed by atoms with E-state index in [0.717, 1.165) is 16.9 Å². The lowest BCUT2D eigenvalue weighted by atomic mass is 9.95. The van der Waals surface area contributed by atoms with Gasteiger partial charge in [-0.1, -0.05) is 59.0 Å². The second-order valence-electron chi connectivity index (χ2n) is 8.21. The van der Waals surface area contributed by atoms with Gasteiger partial charge in [0.15, 0.2) is 4.34 Å². The Labute approximate surface area is 230 Å². The first-order valence-corrected chi connectivity index (χ1v) is 13.5. The summed E-state index contributed by atoms with van der Waals surface area (Å²) in [5.74, 6) is -1.40. The minimum absolute atomic E-state index is 0.127. The van der Waals surface area contributed by atoms with Gasteiger partial charge in [-0.05, 0) is 59.7 Å². The molecule has 1 saturated heterocycles. The minimum atomic E-state index is -1.03. The molecule has 7 nitrogen and oxygen atoms in total. The molecular formula is C27H19ClFN3O4S2. The number of thioether (sulfide) groups is 1. The highest BCUT2D eigenvalue weighted by Gasteiger charge is 2.48. The Balaban J connectivity index is 1.52. The molecule has 1 aromatic heterocycles. The monoisotopic (exact) mass is 567 g/mol. The Bertz CT molecular complexity index is 1520. The predicted octanol–water partition coefficient (Wildman–Crippen LogP) is 6.26. The third-order valence-corrected chi connectivity index (χ3v) is 8.25. The van der Waals surface area contributed by atoms with Crippen LogP contribution >= 0.6 is 34.7 Å². The number of benzene rings is 3. The highest BCUT2D eigenvalue weighted by molar-refractivity contribution is 8.00. The molecule has 4 aromatic rings. The molecule has 11 heteroatoms. The Morgan fingerprint density at radius 1 is 1.05 bits per heavy atom. The molecule has 3 aromatic carbocycles. The number of ketones is 1. The Morgan fingerprint density at radius 2 is 1.74 bits per heavy atom. The number of nitrogens with zero attached hydrogens (tertiary/aromatic N) is 3. The van der Waals surface area contributed by atoms with Crippen molar-refractivity contribution in [3.63, 3.8) is 0 Å². The fraction of sp³-hybridized carbons (Fsp3) is 0.111. The van der Waals surface area contributed by atoms with Crippen LogP contribution in [0.15, 0.2) is 82.7 Å². The van der Waals surface area contributed by atoms with Crippen molar-refractivity contribution in [1.82, 2.24) is 10.2 Å². The molecule has 0 spiro atoms.